The highest BCUT2D eigenvalue weighted by atomic mass is 32.2. The molecule has 110 valence electrons. The van der Waals surface area contributed by atoms with Crippen molar-refractivity contribution in [2.45, 2.75) is 17.4 Å². The molecule has 1 unspecified atom stereocenters. The molecule has 1 fully saturated rings. The zero-order valence-corrected chi connectivity index (χ0v) is 13.4. The standard InChI is InChI=1S/C15H17N3OS2/c1-20-13-5-3-2-4-12(13)14(19)17-11-6-8-18(10-11)15-16-7-9-21-15/h2-5,7,9,11H,6,8,10H2,1H3,(H,17,19). The number of rotatable bonds is 4. The van der Waals surface area contributed by atoms with Gasteiger partial charge in [0.25, 0.3) is 5.91 Å². The number of nitrogens with zero attached hydrogens (tertiary/aromatic N) is 2. The molecule has 0 radical (unpaired) electrons. The first-order valence-electron chi connectivity index (χ1n) is 6.86. The van der Waals surface area contributed by atoms with Crippen LogP contribution in [0.2, 0.25) is 0 Å². The molecule has 6 heteroatoms. The molecule has 1 saturated heterocycles. The minimum atomic E-state index is 0.0194. The van der Waals surface area contributed by atoms with Crippen LogP contribution >= 0.6 is 23.1 Å². The van der Waals surface area contributed by atoms with Crippen molar-refractivity contribution in [1.29, 1.82) is 0 Å². The Morgan fingerprint density at radius 1 is 1.48 bits per heavy atom. The fourth-order valence-corrected chi connectivity index (χ4v) is 3.79. The minimum absolute atomic E-state index is 0.0194. The summed E-state index contributed by atoms with van der Waals surface area (Å²) < 4.78 is 0. The van der Waals surface area contributed by atoms with Crippen molar-refractivity contribution < 1.29 is 4.79 Å². The molecule has 1 aliphatic heterocycles. The van der Waals surface area contributed by atoms with Gasteiger partial charge in [0.05, 0.1) is 5.56 Å². The van der Waals surface area contributed by atoms with Crippen molar-refractivity contribution in [1.82, 2.24) is 10.3 Å². The van der Waals surface area contributed by atoms with Gasteiger partial charge in [-0.05, 0) is 24.8 Å². The first kappa shape index (κ1) is 14.4. The first-order valence-corrected chi connectivity index (χ1v) is 8.96. The number of thioether (sulfide) groups is 1. The van der Waals surface area contributed by atoms with E-state index in [1.807, 2.05) is 42.1 Å². The van der Waals surface area contributed by atoms with Crippen LogP contribution in [0.1, 0.15) is 16.8 Å². The van der Waals surface area contributed by atoms with Crippen molar-refractivity contribution in [2.75, 3.05) is 24.2 Å². The molecule has 0 saturated carbocycles. The van der Waals surface area contributed by atoms with Crippen molar-refractivity contribution in [3.8, 4) is 0 Å². The SMILES string of the molecule is CSc1ccccc1C(=O)NC1CCN(c2nccs2)C1. The highest BCUT2D eigenvalue weighted by Crippen LogP contribution is 2.23. The highest BCUT2D eigenvalue weighted by Gasteiger charge is 2.26. The van der Waals surface area contributed by atoms with E-state index >= 15 is 0 Å². The van der Waals surface area contributed by atoms with Gasteiger partial charge in [0.1, 0.15) is 0 Å². The van der Waals surface area contributed by atoms with Crippen LogP contribution in [0.4, 0.5) is 5.13 Å². The highest BCUT2D eigenvalue weighted by molar-refractivity contribution is 7.98. The molecule has 3 rings (SSSR count). The van der Waals surface area contributed by atoms with Crippen LogP contribution in [-0.2, 0) is 0 Å². The van der Waals surface area contributed by atoms with Gasteiger partial charge in [0.2, 0.25) is 0 Å². The van der Waals surface area contributed by atoms with Crippen LogP contribution in [-0.4, -0.2) is 36.3 Å². The number of nitrogens with one attached hydrogen (secondary N) is 1. The van der Waals surface area contributed by atoms with Crippen LogP contribution in [0.5, 0.6) is 0 Å². The predicted octanol–water partition coefficient (Wildman–Crippen LogP) is 2.87. The Hall–Kier alpha value is -1.53. The maximum Gasteiger partial charge on any atom is 0.252 e. The molecule has 21 heavy (non-hydrogen) atoms. The van der Waals surface area contributed by atoms with Gasteiger partial charge in [-0.3, -0.25) is 4.79 Å². The maximum absolute atomic E-state index is 12.4. The number of benzene rings is 1. The second kappa shape index (κ2) is 6.49. The van der Waals surface area contributed by atoms with Gasteiger partial charge < -0.3 is 10.2 Å². The normalized spacial score (nSPS) is 18.0. The van der Waals surface area contributed by atoms with Gasteiger partial charge in [0.15, 0.2) is 5.13 Å². The number of hydrogen-bond acceptors (Lipinski definition) is 5. The molecule has 4 nitrogen and oxygen atoms in total. The zero-order valence-electron chi connectivity index (χ0n) is 11.8. The Morgan fingerprint density at radius 3 is 3.10 bits per heavy atom. The van der Waals surface area contributed by atoms with Gasteiger partial charge in [-0.15, -0.1) is 23.1 Å². The molecule has 1 atom stereocenters. The third-order valence-corrected chi connectivity index (χ3v) is 5.19. The lowest BCUT2D eigenvalue weighted by Crippen LogP contribution is -2.37. The van der Waals surface area contributed by atoms with Crippen molar-refractivity contribution >= 4 is 34.1 Å². The summed E-state index contributed by atoms with van der Waals surface area (Å²) in [5.74, 6) is 0.0194. The summed E-state index contributed by atoms with van der Waals surface area (Å²) in [6.45, 7) is 1.78. The van der Waals surface area contributed by atoms with Crippen molar-refractivity contribution in [2.24, 2.45) is 0 Å². The van der Waals surface area contributed by atoms with Crippen LogP contribution in [0.15, 0.2) is 40.7 Å². The number of aromatic nitrogens is 1. The number of hydrogen-bond donors (Lipinski definition) is 1. The summed E-state index contributed by atoms with van der Waals surface area (Å²) in [6, 6.07) is 7.93. The van der Waals surface area contributed by atoms with Crippen LogP contribution < -0.4 is 10.2 Å². The van der Waals surface area contributed by atoms with E-state index < -0.39 is 0 Å². The molecule has 1 N–H and O–H groups in total. The molecule has 1 aromatic heterocycles. The molecule has 1 aromatic carbocycles. The number of carbonyl (C=O) groups excluding carboxylic acids is 1. The first-order chi connectivity index (χ1) is 10.3. The van der Waals surface area contributed by atoms with Crippen molar-refractivity contribution in [3.05, 3.63) is 41.4 Å². The van der Waals surface area contributed by atoms with E-state index in [1.165, 1.54) is 0 Å². The monoisotopic (exact) mass is 319 g/mol. The molecule has 1 aliphatic rings. The molecule has 0 aliphatic carbocycles. The summed E-state index contributed by atoms with van der Waals surface area (Å²) in [4.78, 5) is 20.0. The summed E-state index contributed by atoms with van der Waals surface area (Å²) in [6.07, 6.45) is 4.78. The van der Waals surface area contributed by atoms with Gasteiger partial charge in [-0.2, -0.15) is 0 Å². The van der Waals surface area contributed by atoms with E-state index in [2.05, 4.69) is 15.2 Å². The number of carbonyl (C=O) groups is 1. The Bertz CT molecular complexity index is 615. The summed E-state index contributed by atoms with van der Waals surface area (Å²) in [7, 11) is 0. The Kier molecular flexibility index (Phi) is 4.45. The Morgan fingerprint density at radius 2 is 2.33 bits per heavy atom. The van der Waals surface area contributed by atoms with Gasteiger partial charge in [-0.25, -0.2) is 4.98 Å². The number of thiazole rings is 1. The smallest absolute Gasteiger partial charge is 0.252 e. The fourth-order valence-electron chi connectivity index (χ4n) is 2.52. The maximum atomic E-state index is 12.4. The van der Waals surface area contributed by atoms with Gasteiger partial charge >= 0.3 is 0 Å². The number of amides is 1. The van der Waals surface area contributed by atoms with E-state index in [0.717, 1.165) is 35.1 Å². The summed E-state index contributed by atoms with van der Waals surface area (Å²) in [5.41, 5.74) is 0.762. The molecule has 2 aromatic rings. The van der Waals surface area contributed by atoms with E-state index in [-0.39, 0.29) is 11.9 Å². The third kappa shape index (κ3) is 3.22. The lowest BCUT2D eigenvalue weighted by atomic mass is 10.2. The predicted molar refractivity (Wildman–Crippen MR) is 88.4 cm³/mol. The average Bonchev–Trinajstić information content (AvgIpc) is 3.17. The Labute approximate surface area is 132 Å². The van der Waals surface area contributed by atoms with Gasteiger partial charge in [-0.1, -0.05) is 12.1 Å². The lowest BCUT2D eigenvalue weighted by molar-refractivity contribution is 0.0937. The largest absolute Gasteiger partial charge is 0.347 e. The van der Waals surface area contributed by atoms with Crippen LogP contribution in [0.3, 0.4) is 0 Å². The van der Waals surface area contributed by atoms with E-state index in [1.54, 1.807) is 23.1 Å². The Balaban J connectivity index is 1.64. The molecule has 1 amide bonds. The van der Waals surface area contributed by atoms with E-state index in [4.69, 9.17) is 0 Å². The fraction of sp³-hybridized carbons (Fsp3) is 0.333. The summed E-state index contributed by atoms with van der Waals surface area (Å²) in [5, 5.41) is 6.17. The molecular formula is C15H17N3OS2. The minimum Gasteiger partial charge on any atom is -0.347 e. The number of anilines is 1. The molecular weight excluding hydrogens is 302 g/mol. The lowest BCUT2D eigenvalue weighted by Gasteiger charge is -2.16. The van der Waals surface area contributed by atoms with Gasteiger partial charge in [0, 0.05) is 35.6 Å². The average molecular weight is 319 g/mol. The second-order valence-corrected chi connectivity index (χ2v) is 6.64. The second-order valence-electron chi connectivity index (χ2n) is 4.92. The van der Waals surface area contributed by atoms with E-state index in [0.29, 0.717) is 0 Å². The molecule has 0 spiro atoms. The molecule has 0 bridgehead atoms. The third-order valence-electron chi connectivity index (χ3n) is 3.56. The molecule has 2 heterocycles. The van der Waals surface area contributed by atoms with Crippen LogP contribution in [0.25, 0.3) is 0 Å². The summed E-state index contributed by atoms with van der Waals surface area (Å²) >= 11 is 3.24. The van der Waals surface area contributed by atoms with E-state index in [9.17, 15) is 4.79 Å². The van der Waals surface area contributed by atoms with Crippen molar-refractivity contribution in [3.63, 3.8) is 0 Å². The quantitative estimate of drug-likeness (QED) is 0.880. The topological polar surface area (TPSA) is 45.2 Å². The zero-order chi connectivity index (χ0) is 14.7. The van der Waals surface area contributed by atoms with Crippen LogP contribution in [0, 0.1) is 0 Å².